The minimum Gasteiger partial charge on any atom is -0.462 e. The van der Waals surface area contributed by atoms with Gasteiger partial charge in [0.05, 0.1) is 18.4 Å². The lowest BCUT2D eigenvalue weighted by atomic mass is 9.98. The van der Waals surface area contributed by atoms with Crippen molar-refractivity contribution in [2.45, 2.75) is 6.92 Å². The Morgan fingerprint density at radius 3 is 2.19 bits per heavy atom. The van der Waals surface area contributed by atoms with E-state index in [1.807, 2.05) is 66.7 Å². The van der Waals surface area contributed by atoms with Crippen LogP contribution in [0, 0.1) is 11.3 Å². The number of aliphatic imine (C=N–C) groups is 1. The summed E-state index contributed by atoms with van der Waals surface area (Å²) >= 11 is 0. The van der Waals surface area contributed by atoms with Gasteiger partial charge in [-0.05, 0) is 36.8 Å². The fourth-order valence-corrected chi connectivity index (χ4v) is 3.97. The molecule has 0 fully saturated rings. The number of carbonyl (C=O) groups is 1. The Bertz CT molecular complexity index is 1590. The molecule has 0 aliphatic rings. The molecule has 180 valence electrons. The number of hydrogen-bond donors (Lipinski definition) is 0. The van der Waals surface area contributed by atoms with Crippen molar-refractivity contribution in [3.63, 3.8) is 0 Å². The molecule has 0 aliphatic heterocycles. The predicted molar refractivity (Wildman–Crippen MR) is 142 cm³/mol. The minimum atomic E-state index is -0.363. The quantitative estimate of drug-likeness (QED) is 0.174. The highest BCUT2D eigenvalue weighted by molar-refractivity contribution is 5.91. The highest BCUT2D eigenvalue weighted by Gasteiger charge is 2.22. The molecule has 0 saturated carbocycles. The van der Waals surface area contributed by atoms with Crippen molar-refractivity contribution in [3.8, 4) is 39.8 Å². The third-order valence-electron chi connectivity index (χ3n) is 5.72. The molecule has 0 aliphatic carbocycles. The van der Waals surface area contributed by atoms with Crippen molar-refractivity contribution >= 4 is 18.1 Å². The zero-order chi connectivity index (χ0) is 25.6. The molecule has 3 aromatic carbocycles. The lowest BCUT2D eigenvalue weighted by Crippen LogP contribution is -2.03. The molecule has 0 unspecified atom stereocenters. The third kappa shape index (κ3) is 4.97. The average molecular weight is 487 g/mol. The Hall–Kier alpha value is -5.15. The standard InChI is InChI=1S/C31H22N2O4/c1-2-35-31(34)24-15-13-21(14-16-24)27-18-17-25(36-27)20-33-30-26(19-32)28(22-9-5-3-6-10-22)29(37-30)23-11-7-4-8-12-23/h3-18,20H,2H2,1H3. The van der Waals surface area contributed by atoms with E-state index >= 15 is 0 Å². The van der Waals surface area contributed by atoms with Gasteiger partial charge in [0.2, 0.25) is 5.88 Å². The molecule has 2 aromatic heterocycles. The van der Waals surface area contributed by atoms with Gasteiger partial charge in [0.25, 0.3) is 0 Å². The average Bonchev–Trinajstić information content (AvgIpc) is 3.58. The second-order valence-electron chi connectivity index (χ2n) is 8.09. The number of furan rings is 2. The minimum absolute atomic E-state index is 0.206. The first-order chi connectivity index (χ1) is 18.2. The van der Waals surface area contributed by atoms with Gasteiger partial charge in [0.15, 0.2) is 0 Å². The summed E-state index contributed by atoms with van der Waals surface area (Å²) in [7, 11) is 0. The summed E-state index contributed by atoms with van der Waals surface area (Å²) in [4.78, 5) is 16.4. The first-order valence-electron chi connectivity index (χ1n) is 11.8. The molecule has 5 rings (SSSR count). The summed E-state index contributed by atoms with van der Waals surface area (Å²) in [6, 6.07) is 32.2. The maximum atomic E-state index is 11.9. The van der Waals surface area contributed by atoms with Gasteiger partial charge in [-0.3, -0.25) is 0 Å². The lowest BCUT2D eigenvalue weighted by Gasteiger charge is -2.03. The fourth-order valence-electron chi connectivity index (χ4n) is 3.97. The Morgan fingerprint density at radius 1 is 0.865 bits per heavy atom. The topological polar surface area (TPSA) is 88.7 Å². The number of nitrogens with zero attached hydrogens (tertiary/aromatic N) is 2. The van der Waals surface area contributed by atoms with Crippen LogP contribution in [0.2, 0.25) is 0 Å². The molecule has 5 aromatic rings. The van der Waals surface area contributed by atoms with Crippen LogP contribution in [-0.2, 0) is 4.74 Å². The fraction of sp³-hybridized carbons (Fsp3) is 0.0645. The van der Waals surface area contributed by atoms with E-state index in [9.17, 15) is 10.1 Å². The number of rotatable bonds is 7. The zero-order valence-corrected chi connectivity index (χ0v) is 20.0. The van der Waals surface area contributed by atoms with Crippen molar-refractivity contribution in [2.75, 3.05) is 6.61 Å². The Labute approximate surface area is 214 Å². The highest BCUT2D eigenvalue weighted by atomic mass is 16.5. The van der Waals surface area contributed by atoms with Crippen LogP contribution in [0.1, 0.15) is 28.6 Å². The van der Waals surface area contributed by atoms with Crippen molar-refractivity contribution < 1.29 is 18.4 Å². The van der Waals surface area contributed by atoms with E-state index in [-0.39, 0.29) is 11.9 Å². The molecule has 0 saturated heterocycles. The van der Waals surface area contributed by atoms with E-state index in [0.29, 0.717) is 40.6 Å². The Kier molecular flexibility index (Phi) is 6.78. The number of benzene rings is 3. The number of ether oxygens (including phenoxy) is 1. The maximum Gasteiger partial charge on any atom is 0.338 e. The van der Waals surface area contributed by atoms with Crippen LogP contribution in [-0.4, -0.2) is 18.8 Å². The van der Waals surface area contributed by atoms with E-state index in [1.165, 1.54) is 6.21 Å². The van der Waals surface area contributed by atoms with E-state index in [1.54, 1.807) is 37.3 Å². The van der Waals surface area contributed by atoms with Crippen LogP contribution in [0.3, 0.4) is 0 Å². The van der Waals surface area contributed by atoms with Crippen LogP contribution in [0.25, 0.3) is 33.8 Å². The normalized spacial score (nSPS) is 10.9. The molecule has 6 nitrogen and oxygen atoms in total. The van der Waals surface area contributed by atoms with Gasteiger partial charge in [0, 0.05) is 16.7 Å². The molecule has 2 heterocycles. The summed E-state index contributed by atoms with van der Waals surface area (Å²) < 4.78 is 17.1. The first kappa shape index (κ1) is 23.6. The predicted octanol–water partition coefficient (Wildman–Crippen LogP) is 7.67. The van der Waals surface area contributed by atoms with Crippen LogP contribution >= 0.6 is 0 Å². The van der Waals surface area contributed by atoms with Gasteiger partial charge < -0.3 is 13.6 Å². The maximum absolute atomic E-state index is 11.9. The zero-order valence-electron chi connectivity index (χ0n) is 20.0. The van der Waals surface area contributed by atoms with Crippen molar-refractivity contribution in [2.24, 2.45) is 4.99 Å². The Balaban J connectivity index is 1.46. The molecule has 0 radical (unpaired) electrons. The number of hydrogen-bond acceptors (Lipinski definition) is 6. The van der Waals surface area contributed by atoms with Gasteiger partial charge in [-0.1, -0.05) is 72.8 Å². The highest BCUT2D eigenvalue weighted by Crippen LogP contribution is 2.42. The lowest BCUT2D eigenvalue weighted by molar-refractivity contribution is 0.0526. The summed E-state index contributed by atoms with van der Waals surface area (Å²) in [5.41, 5.74) is 4.05. The molecule has 0 spiro atoms. The summed E-state index contributed by atoms with van der Waals surface area (Å²) in [6.07, 6.45) is 1.53. The Morgan fingerprint density at radius 2 is 1.54 bits per heavy atom. The van der Waals surface area contributed by atoms with Gasteiger partial charge in [-0.2, -0.15) is 5.26 Å². The third-order valence-corrected chi connectivity index (χ3v) is 5.72. The van der Waals surface area contributed by atoms with Gasteiger partial charge in [-0.15, -0.1) is 0 Å². The number of esters is 1. The van der Waals surface area contributed by atoms with E-state index in [2.05, 4.69) is 11.1 Å². The molecule has 0 N–H and O–H groups in total. The smallest absolute Gasteiger partial charge is 0.338 e. The molecule has 37 heavy (non-hydrogen) atoms. The van der Waals surface area contributed by atoms with E-state index in [0.717, 1.165) is 16.7 Å². The van der Waals surface area contributed by atoms with Crippen molar-refractivity contribution in [1.29, 1.82) is 5.26 Å². The van der Waals surface area contributed by atoms with E-state index < -0.39 is 0 Å². The van der Waals surface area contributed by atoms with Gasteiger partial charge in [-0.25, -0.2) is 9.79 Å². The summed E-state index contributed by atoms with van der Waals surface area (Å²) in [5, 5.41) is 10.0. The van der Waals surface area contributed by atoms with E-state index in [4.69, 9.17) is 13.6 Å². The number of nitriles is 1. The van der Waals surface area contributed by atoms with Gasteiger partial charge >= 0.3 is 5.97 Å². The molecule has 0 bridgehead atoms. The van der Waals surface area contributed by atoms with Crippen LogP contribution < -0.4 is 0 Å². The van der Waals surface area contributed by atoms with Crippen LogP contribution in [0.5, 0.6) is 0 Å². The molecular formula is C31H22N2O4. The second-order valence-corrected chi connectivity index (χ2v) is 8.09. The number of carbonyl (C=O) groups excluding carboxylic acids is 1. The summed E-state index contributed by atoms with van der Waals surface area (Å²) in [5.74, 6) is 1.53. The molecule has 0 atom stereocenters. The molecular weight excluding hydrogens is 464 g/mol. The monoisotopic (exact) mass is 486 g/mol. The second kappa shape index (κ2) is 10.6. The van der Waals surface area contributed by atoms with Crippen LogP contribution in [0.15, 0.2) is 111 Å². The van der Waals surface area contributed by atoms with Gasteiger partial charge in [0.1, 0.15) is 28.9 Å². The van der Waals surface area contributed by atoms with Crippen molar-refractivity contribution in [1.82, 2.24) is 0 Å². The molecule has 0 amide bonds. The van der Waals surface area contributed by atoms with Crippen LogP contribution in [0.4, 0.5) is 5.88 Å². The first-order valence-corrected chi connectivity index (χ1v) is 11.8. The largest absolute Gasteiger partial charge is 0.462 e. The summed E-state index contributed by atoms with van der Waals surface area (Å²) in [6.45, 7) is 2.09. The SMILES string of the molecule is CCOC(=O)c1ccc(-c2ccc(C=Nc3oc(-c4ccccc4)c(-c4ccccc4)c3C#N)o2)cc1. The molecule has 6 heteroatoms. The van der Waals surface area contributed by atoms with Crippen molar-refractivity contribution in [3.05, 3.63) is 114 Å².